The van der Waals surface area contributed by atoms with Gasteiger partial charge in [-0.2, -0.15) is 0 Å². The zero-order chi connectivity index (χ0) is 16.7. The fourth-order valence-electron chi connectivity index (χ4n) is 2.36. The van der Waals surface area contributed by atoms with Crippen LogP contribution in [0.1, 0.15) is 30.1 Å². The van der Waals surface area contributed by atoms with Gasteiger partial charge < -0.3 is 20.3 Å². The maximum atomic E-state index is 11.7. The Bertz CT molecular complexity index is 592. The Morgan fingerprint density at radius 1 is 1.43 bits per heavy atom. The number of nitrogens with one attached hydrogen (secondary N) is 2. The van der Waals surface area contributed by atoms with Gasteiger partial charge in [0.15, 0.2) is 5.11 Å². The van der Waals surface area contributed by atoms with E-state index in [1.54, 1.807) is 25.1 Å². The van der Waals surface area contributed by atoms with Crippen molar-refractivity contribution in [2.45, 2.75) is 19.8 Å². The van der Waals surface area contributed by atoms with E-state index in [0.29, 0.717) is 42.5 Å². The number of likely N-dealkylation sites (tertiary alicyclic amines) is 1. The Kier molecular flexibility index (Phi) is 6.34. The van der Waals surface area contributed by atoms with Gasteiger partial charge in [0.2, 0.25) is 5.91 Å². The van der Waals surface area contributed by atoms with Crippen molar-refractivity contribution in [1.82, 2.24) is 10.2 Å². The summed E-state index contributed by atoms with van der Waals surface area (Å²) < 4.78 is 4.97. The average molecular weight is 335 g/mol. The number of benzene rings is 1. The molecule has 7 heteroatoms. The van der Waals surface area contributed by atoms with E-state index in [2.05, 4.69) is 10.6 Å². The fraction of sp³-hybridized carbons (Fsp3) is 0.438. The lowest BCUT2D eigenvalue weighted by atomic mass is 10.2. The van der Waals surface area contributed by atoms with Crippen LogP contribution in [0.4, 0.5) is 5.69 Å². The van der Waals surface area contributed by atoms with Gasteiger partial charge in [-0.1, -0.05) is 6.07 Å². The van der Waals surface area contributed by atoms with E-state index in [-0.39, 0.29) is 11.9 Å². The molecular weight excluding hydrogens is 314 g/mol. The number of nitrogens with zero attached hydrogens (tertiary/aromatic N) is 1. The summed E-state index contributed by atoms with van der Waals surface area (Å²) in [4.78, 5) is 25.0. The van der Waals surface area contributed by atoms with Crippen molar-refractivity contribution in [2.75, 3.05) is 31.6 Å². The van der Waals surface area contributed by atoms with E-state index in [9.17, 15) is 9.59 Å². The largest absolute Gasteiger partial charge is 0.462 e. The van der Waals surface area contributed by atoms with Crippen LogP contribution in [0.25, 0.3) is 0 Å². The normalized spacial score (nSPS) is 13.8. The Morgan fingerprint density at radius 3 is 2.96 bits per heavy atom. The molecule has 0 aromatic heterocycles. The third-order valence-electron chi connectivity index (χ3n) is 3.47. The topological polar surface area (TPSA) is 70.7 Å². The van der Waals surface area contributed by atoms with Crippen molar-refractivity contribution in [3.8, 4) is 0 Å². The number of amides is 1. The number of rotatable bonds is 6. The highest BCUT2D eigenvalue weighted by Crippen LogP contribution is 2.12. The molecule has 2 N–H and O–H groups in total. The number of esters is 1. The van der Waals surface area contributed by atoms with Gasteiger partial charge >= 0.3 is 5.97 Å². The zero-order valence-corrected chi connectivity index (χ0v) is 13.9. The zero-order valence-electron chi connectivity index (χ0n) is 13.1. The lowest BCUT2D eigenvalue weighted by Crippen LogP contribution is -2.37. The van der Waals surface area contributed by atoms with Gasteiger partial charge in [0, 0.05) is 31.7 Å². The summed E-state index contributed by atoms with van der Waals surface area (Å²) in [7, 11) is 0. The number of carbonyl (C=O) groups excluding carboxylic acids is 2. The third kappa shape index (κ3) is 5.21. The second kappa shape index (κ2) is 8.47. The van der Waals surface area contributed by atoms with Crippen molar-refractivity contribution in [3.63, 3.8) is 0 Å². The molecular formula is C16H21N3O3S. The molecule has 0 spiro atoms. The predicted molar refractivity (Wildman–Crippen MR) is 92.4 cm³/mol. The molecule has 0 atom stereocenters. The van der Waals surface area contributed by atoms with Crippen LogP contribution in [0.5, 0.6) is 0 Å². The summed E-state index contributed by atoms with van der Waals surface area (Å²) in [6, 6.07) is 6.97. The molecule has 0 bridgehead atoms. The quantitative estimate of drug-likeness (QED) is 0.610. The molecule has 0 saturated carbocycles. The summed E-state index contributed by atoms with van der Waals surface area (Å²) >= 11 is 5.22. The Hall–Kier alpha value is -2.15. The van der Waals surface area contributed by atoms with Gasteiger partial charge in [-0.15, -0.1) is 0 Å². The fourth-order valence-corrected chi connectivity index (χ4v) is 2.58. The second-order valence-electron chi connectivity index (χ2n) is 5.17. The smallest absolute Gasteiger partial charge is 0.338 e. The number of anilines is 1. The van der Waals surface area contributed by atoms with E-state index < -0.39 is 0 Å². The molecule has 1 fully saturated rings. The van der Waals surface area contributed by atoms with Gasteiger partial charge in [-0.3, -0.25) is 4.79 Å². The van der Waals surface area contributed by atoms with Crippen LogP contribution in [0.15, 0.2) is 24.3 Å². The van der Waals surface area contributed by atoms with Crippen molar-refractivity contribution >= 4 is 34.9 Å². The van der Waals surface area contributed by atoms with E-state index >= 15 is 0 Å². The van der Waals surface area contributed by atoms with E-state index in [1.165, 1.54) is 0 Å². The molecule has 1 aromatic rings. The van der Waals surface area contributed by atoms with Gasteiger partial charge in [-0.05, 0) is 43.8 Å². The van der Waals surface area contributed by atoms with Crippen molar-refractivity contribution in [1.29, 1.82) is 0 Å². The summed E-state index contributed by atoms with van der Waals surface area (Å²) in [5.74, 6) is -0.157. The molecule has 1 saturated heterocycles. The highest BCUT2D eigenvalue weighted by molar-refractivity contribution is 7.80. The summed E-state index contributed by atoms with van der Waals surface area (Å²) in [6.45, 7) is 4.16. The minimum absolute atomic E-state index is 0.202. The summed E-state index contributed by atoms with van der Waals surface area (Å²) in [6.07, 6.45) is 1.57. The maximum Gasteiger partial charge on any atom is 0.338 e. The number of hydrogen-bond acceptors (Lipinski definition) is 4. The minimum Gasteiger partial charge on any atom is -0.462 e. The minimum atomic E-state index is -0.359. The molecule has 0 radical (unpaired) electrons. The highest BCUT2D eigenvalue weighted by atomic mass is 32.1. The first kappa shape index (κ1) is 17.2. The van der Waals surface area contributed by atoms with Crippen LogP contribution in [0.3, 0.4) is 0 Å². The first-order valence-electron chi connectivity index (χ1n) is 7.70. The Labute approximate surface area is 141 Å². The Morgan fingerprint density at radius 2 is 2.26 bits per heavy atom. The molecule has 2 rings (SSSR count). The number of ether oxygens (including phenoxy) is 1. The van der Waals surface area contributed by atoms with Crippen LogP contribution < -0.4 is 10.6 Å². The van der Waals surface area contributed by atoms with Crippen LogP contribution in [-0.4, -0.2) is 48.1 Å². The monoisotopic (exact) mass is 335 g/mol. The second-order valence-corrected chi connectivity index (χ2v) is 5.57. The predicted octanol–water partition coefficient (Wildman–Crippen LogP) is 1.77. The molecule has 6 nitrogen and oxygen atoms in total. The first-order valence-corrected chi connectivity index (χ1v) is 8.11. The number of thiocarbonyl (C=S) groups is 1. The lowest BCUT2D eigenvalue weighted by Gasteiger charge is -2.17. The molecule has 0 unspecified atom stereocenters. The third-order valence-corrected chi connectivity index (χ3v) is 3.72. The van der Waals surface area contributed by atoms with E-state index in [4.69, 9.17) is 17.0 Å². The van der Waals surface area contributed by atoms with Crippen LogP contribution in [-0.2, 0) is 9.53 Å². The molecule has 1 heterocycles. The van der Waals surface area contributed by atoms with Crippen LogP contribution in [0.2, 0.25) is 0 Å². The van der Waals surface area contributed by atoms with Crippen molar-refractivity contribution in [2.24, 2.45) is 0 Å². The Balaban J connectivity index is 1.79. The summed E-state index contributed by atoms with van der Waals surface area (Å²) in [5.41, 5.74) is 1.19. The molecule has 1 aromatic carbocycles. The number of hydrogen-bond donors (Lipinski definition) is 2. The SMILES string of the molecule is CCOC(=O)c1cccc(NC(=S)NCCN2CCCC2=O)c1. The number of carbonyl (C=O) groups is 2. The maximum absolute atomic E-state index is 11.7. The van der Waals surface area contributed by atoms with Crippen molar-refractivity contribution < 1.29 is 14.3 Å². The molecule has 1 amide bonds. The van der Waals surface area contributed by atoms with E-state index in [1.807, 2.05) is 11.0 Å². The molecule has 1 aliphatic heterocycles. The average Bonchev–Trinajstić information content (AvgIpc) is 2.93. The van der Waals surface area contributed by atoms with Crippen molar-refractivity contribution in [3.05, 3.63) is 29.8 Å². The van der Waals surface area contributed by atoms with Crippen LogP contribution >= 0.6 is 12.2 Å². The van der Waals surface area contributed by atoms with Gasteiger partial charge in [-0.25, -0.2) is 4.79 Å². The molecule has 0 aliphatic carbocycles. The van der Waals surface area contributed by atoms with Gasteiger partial charge in [0.05, 0.1) is 12.2 Å². The van der Waals surface area contributed by atoms with Gasteiger partial charge in [0.25, 0.3) is 0 Å². The molecule has 1 aliphatic rings. The lowest BCUT2D eigenvalue weighted by molar-refractivity contribution is -0.127. The van der Waals surface area contributed by atoms with E-state index in [0.717, 1.165) is 13.0 Å². The highest BCUT2D eigenvalue weighted by Gasteiger charge is 2.19. The van der Waals surface area contributed by atoms with Gasteiger partial charge in [0.1, 0.15) is 0 Å². The standard InChI is InChI=1S/C16H21N3O3S/c1-2-22-15(21)12-5-3-6-13(11-12)18-16(23)17-8-10-19-9-4-7-14(19)20/h3,5-6,11H,2,4,7-10H2,1H3,(H2,17,18,23). The summed E-state index contributed by atoms with van der Waals surface area (Å²) in [5, 5.41) is 6.54. The molecule has 23 heavy (non-hydrogen) atoms. The van der Waals surface area contributed by atoms with Crippen LogP contribution in [0, 0.1) is 0 Å². The first-order chi connectivity index (χ1) is 11.1. The molecule has 124 valence electrons.